The van der Waals surface area contributed by atoms with Crippen LogP contribution >= 0.6 is 0 Å². The zero-order valence-electron chi connectivity index (χ0n) is 20.9. The quantitative estimate of drug-likeness (QED) is 0.229. The molecule has 0 N–H and O–H groups in total. The molecule has 0 radical (unpaired) electrons. The van der Waals surface area contributed by atoms with E-state index in [9.17, 15) is 0 Å². The van der Waals surface area contributed by atoms with Crippen LogP contribution in [0, 0.1) is 0 Å². The fourth-order valence-electron chi connectivity index (χ4n) is 6.63. The van der Waals surface area contributed by atoms with Crippen molar-refractivity contribution in [3.8, 4) is 33.5 Å². The van der Waals surface area contributed by atoms with Gasteiger partial charge in [-0.05, 0) is 77.8 Å². The van der Waals surface area contributed by atoms with Crippen LogP contribution in [-0.2, 0) is 5.41 Å². The maximum absolute atomic E-state index is 4.74. The van der Waals surface area contributed by atoms with Crippen molar-refractivity contribution < 1.29 is 0 Å². The molecule has 37 heavy (non-hydrogen) atoms. The molecule has 0 unspecified atom stereocenters. The van der Waals surface area contributed by atoms with Gasteiger partial charge >= 0.3 is 0 Å². The fourth-order valence-corrected chi connectivity index (χ4v) is 6.63. The number of benzene rings is 6. The predicted octanol–water partition coefficient (Wildman–Crippen LogP) is 9.62. The van der Waals surface area contributed by atoms with Crippen LogP contribution < -0.4 is 0 Å². The molecule has 0 aliphatic heterocycles. The molecule has 0 atom stereocenters. The Bertz CT molecular complexity index is 2000. The first-order valence-electron chi connectivity index (χ1n) is 13.0. The molecule has 0 amide bonds. The van der Waals surface area contributed by atoms with E-state index in [0.29, 0.717) is 0 Å². The molecule has 7 aromatic rings. The number of aromatic nitrogens is 1. The van der Waals surface area contributed by atoms with Gasteiger partial charge in [-0.25, -0.2) is 0 Å². The molecule has 0 bridgehead atoms. The zero-order chi connectivity index (χ0) is 24.7. The monoisotopic (exact) mass is 471 g/mol. The van der Waals surface area contributed by atoms with Gasteiger partial charge < -0.3 is 0 Å². The maximum atomic E-state index is 4.74. The molecule has 0 saturated carbocycles. The second-order valence-electron chi connectivity index (χ2n) is 10.8. The highest BCUT2D eigenvalue weighted by Crippen LogP contribution is 2.49. The molecule has 1 aliphatic carbocycles. The smallest absolute Gasteiger partial charge is 0.0745 e. The molecule has 1 heteroatoms. The Balaban J connectivity index is 1.39. The minimum absolute atomic E-state index is 0.0662. The largest absolute Gasteiger partial charge is 0.256 e. The van der Waals surface area contributed by atoms with Crippen LogP contribution in [-0.4, -0.2) is 4.98 Å². The van der Waals surface area contributed by atoms with E-state index in [1.165, 1.54) is 71.3 Å². The minimum atomic E-state index is -0.0662. The molecule has 1 heterocycles. The number of rotatable bonds is 2. The lowest BCUT2D eigenvalue weighted by atomic mass is 9.81. The molecule has 1 nitrogen and oxygen atoms in total. The molecule has 174 valence electrons. The van der Waals surface area contributed by atoms with Gasteiger partial charge in [-0.1, -0.05) is 111 Å². The highest BCUT2D eigenvalue weighted by Gasteiger charge is 2.36. The SMILES string of the molecule is CC1(C)c2cc(-c3ccc4ccc5c(-c6ccccc6)ccc6ccc3c4c65)ccc2-c2ncccc21. The summed E-state index contributed by atoms with van der Waals surface area (Å²) in [6, 6.07) is 40.3. The van der Waals surface area contributed by atoms with Gasteiger partial charge in [0, 0.05) is 17.2 Å². The third-order valence-electron chi connectivity index (χ3n) is 8.49. The number of hydrogen-bond donors (Lipinski definition) is 0. The Kier molecular flexibility index (Phi) is 4.06. The summed E-state index contributed by atoms with van der Waals surface area (Å²) in [6.07, 6.45) is 1.91. The van der Waals surface area contributed by atoms with E-state index in [1.807, 2.05) is 6.20 Å². The van der Waals surface area contributed by atoms with E-state index in [4.69, 9.17) is 4.98 Å². The molecular weight excluding hydrogens is 446 g/mol. The third kappa shape index (κ3) is 2.77. The van der Waals surface area contributed by atoms with Gasteiger partial charge in [0.15, 0.2) is 0 Å². The topological polar surface area (TPSA) is 12.9 Å². The van der Waals surface area contributed by atoms with Gasteiger partial charge in [-0.15, -0.1) is 0 Å². The summed E-state index contributed by atoms with van der Waals surface area (Å²) in [4.78, 5) is 4.74. The second-order valence-corrected chi connectivity index (χ2v) is 10.8. The summed E-state index contributed by atoms with van der Waals surface area (Å²) in [5, 5.41) is 7.93. The molecular formula is C36H25N. The summed E-state index contributed by atoms with van der Waals surface area (Å²) in [6.45, 7) is 4.64. The highest BCUT2D eigenvalue weighted by atomic mass is 14.7. The Labute approximate surface area is 216 Å². The van der Waals surface area contributed by atoms with Gasteiger partial charge in [0.05, 0.1) is 5.69 Å². The van der Waals surface area contributed by atoms with Crippen molar-refractivity contribution in [2.75, 3.05) is 0 Å². The van der Waals surface area contributed by atoms with Crippen LogP contribution in [0.25, 0.3) is 65.8 Å². The first kappa shape index (κ1) is 20.7. The van der Waals surface area contributed by atoms with Crippen LogP contribution in [0.3, 0.4) is 0 Å². The van der Waals surface area contributed by atoms with E-state index < -0.39 is 0 Å². The van der Waals surface area contributed by atoms with Crippen LogP contribution in [0.4, 0.5) is 0 Å². The van der Waals surface area contributed by atoms with Gasteiger partial charge in [-0.2, -0.15) is 0 Å². The molecule has 1 aliphatic rings. The van der Waals surface area contributed by atoms with E-state index >= 15 is 0 Å². The van der Waals surface area contributed by atoms with E-state index in [-0.39, 0.29) is 5.41 Å². The predicted molar refractivity (Wildman–Crippen MR) is 156 cm³/mol. The average molecular weight is 472 g/mol. The Hall–Kier alpha value is -4.49. The van der Waals surface area contributed by atoms with Crippen molar-refractivity contribution in [3.05, 3.63) is 127 Å². The molecule has 0 fully saturated rings. The first-order valence-corrected chi connectivity index (χ1v) is 13.0. The summed E-state index contributed by atoms with van der Waals surface area (Å²) in [5.74, 6) is 0. The number of nitrogens with zero attached hydrogens (tertiary/aromatic N) is 1. The van der Waals surface area contributed by atoms with Gasteiger partial charge in [0.1, 0.15) is 0 Å². The van der Waals surface area contributed by atoms with Gasteiger partial charge in [0.25, 0.3) is 0 Å². The van der Waals surface area contributed by atoms with Crippen molar-refractivity contribution in [2.45, 2.75) is 19.3 Å². The van der Waals surface area contributed by atoms with Crippen molar-refractivity contribution in [2.24, 2.45) is 0 Å². The van der Waals surface area contributed by atoms with Crippen molar-refractivity contribution >= 4 is 32.3 Å². The summed E-state index contributed by atoms with van der Waals surface area (Å²) >= 11 is 0. The van der Waals surface area contributed by atoms with Crippen molar-refractivity contribution in [1.29, 1.82) is 0 Å². The first-order chi connectivity index (χ1) is 18.1. The van der Waals surface area contributed by atoms with E-state index in [0.717, 1.165) is 5.69 Å². The summed E-state index contributed by atoms with van der Waals surface area (Å²) < 4.78 is 0. The van der Waals surface area contributed by atoms with Crippen LogP contribution in [0.5, 0.6) is 0 Å². The van der Waals surface area contributed by atoms with E-state index in [2.05, 4.69) is 123 Å². The number of fused-ring (bicyclic) bond motifs is 3. The Morgan fingerprint density at radius 1 is 0.514 bits per heavy atom. The van der Waals surface area contributed by atoms with Crippen molar-refractivity contribution in [3.63, 3.8) is 0 Å². The summed E-state index contributed by atoms with van der Waals surface area (Å²) in [5.41, 5.74) is 10.1. The minimum Gasteiger partial charge on any atom is -0.256 e. The zero-order valence-corrected chi connectivity index (χ0v) is 20.9. The van der Waals surface area contributed by atoms with Crippen LogP contribution in [0.1, 0.15) is 25.0 Å². The van der Waals surface area contributed by atoms with Crippen LogP contribution in [0.2, 0.25) is 0 Å². The normalized spacial score (nSPS) is 13.9. The lowest BCUT2D eigenvalue weighted by Crippen LogP contribution is -2.15. The van der Waals surface area contributed by atoms with Crippen LogP contribution in [0.15, 0.2) is 115 Å². The highest BCUT2D eigenvalue weighted by molar-refractivity contribution is 6.27. The standard InChI is InChI=1S/C36H25N/c1-36(2)31-9-6-20-37-35(31)30-19-14-25(21-32(30)36)27-16-11-24-12-17-28-26(22-7-4-3-5-8-22)15-10-23-13-18-29(27)34(24)33(23)28/h3-21H,1-2H3. The molecule has 1 aromatic heterocycles. The molecule has 0 saturated heterocycles. The molecule has 6 aromatic carbocycles. The van der Waals surface area contributed by atoms with Gasteiger partial charge in [0.2, 0.25) is 0 Å². The average Bonchev–Trinajstić information content (AvgIpc) is 3.18. The number of hydrogen-bond acceptors (Lipinski definition) is 1. The lowest BCUT2D eigenvalue weighted by Gasteiger charge is -2.22. The third-order valence-corrected chi connectivity index (χ3v) is 8.49. The maximum Gasteiger partial charge on any atom is 0.0745 e. The molecule has 8 rings (SSSR count). The lowest BCUT2D eigenvalue weighted by molar-refractivity contribution is 0.659. The number of pyridine rings is 1. The second kappa shape index (κ2) is 7.27. The fraction of sp³-hybridized carbons (Fsp3) is 0.0833. The Morgan fingerprint density at radius 2 is 1.14 bits per heavy atom. The Morgan fingerprint density at radius 3 is 1.84 bits per heavy atom. The van der Waals surface area contributed by atoms with E-state index in [1.54, 1.807) is 0 Å². The van der Waals surface area contributed by atoms with Crippen molar-refractivity contribution in [1.82, 2.24) is 4.98 Å². The van der Waals surface area contributed by atoms with Gasteiger partial charge in [-0.3, -0.25) is 4.98 Å². The summed E-state index contributed by atoms with van der Waals surface area (Å²) in [7, 11) is 0. The molecule has 0 spiro atoms.